The number of fused-ring (bicyclic) bond motifs is 3. The van der Waals surface area contributed by atoms with E-state index in [1.807, 2.05) is 42.5 Å². The summed E-state index contributed by atoms with van der Waals surface area (Å²) >= 11 is 0. The van der Waals surface area contributed by atoms with Crippen LogP contribution in [0.2, 0.25) is 0 Å². The van der Waals surface area contributed by atoms with Crippen molar-refractivity contribution in [1.82, 2.24) is 0 Å². The number of methoxy groups -OCH3 is 1. The van der Waals surface area contributed by atoms with Gasteiger partial charge in [-0.2, -0.15) is 0 Å². The van der Waals surface area contributed by atoms with E-state index in [-0.39, 0.29) is 17.6 Å². The van der Waals surface area contributed by atoms with E-state index in [9.17, 15) is 14.9 Å². The van der Waals surface area contributed by atoms with Crippen molar-refractivity contribution in [1.29, 1.82) is 0 Å². The van der Waals surface area contributed by atoms with Crippen molar-refractivity contribution in [3.8, 4) is 5.75 Å². The number of nitrogens with one attached hydrogen (secondary N) is 1. The average Bonchev–Trinajstić information content (AvgIpc) is 2.83. The highest BCUT2D eigenvalue weighted by atomic mass is 16.6. The quantitative estimate of drug-likeness (QED) is 0.266. The zero-order chi connectivity index (χ0) is 22.2. The SMILES string of the molecule is COc1ccc([C@H]2C[C@@H](c3ccc([N+](=O)[O-])cc3)Nc3c2c2ccccc2oc3=O)cc1. The van der Waals surface area contributed by atoms with Crippen molar-refractivity contribution < 1.29 is 14.1 Å². The molecule has 0 unspecified atom stereocenters. The van der Waals surface area contributed by atoms with Crippen molar-refractivity contribution in [2.24, 2.45) is 0 Å². The number of nitrogens with zero attached hydrogens (tertiary/aromatic N) is 1. The van der Waals surface area contributed by atoms with Gasteiger partial charge < -0.3 is 14.5 Å². The molecular formula is C25H20N2O5. The maximum atomic E-state index is 12.9. The number of rotatable bonds is 4. The fraction of sp³-hybridized carbons (Fsp3) is 0.160. The lowest BCUT2D eigenvalue weighted by molar-refractivity contribution is -0.384. The van der Waals surface area contributed by atoms with Crippen LogP contribution in [0.5, 0.6) is 5.75 Å². The first-order chi connectivity index (χ1) is 15.5. The summed E-state index contributed by atoms with van der Waals surface area (Å²) in [5.74, 6) is 0.679. The van der Waals surface area contributed by atoms with Crippen molar-refractivity contribution in [2.45, 2.75) is 18.4 Å². The third-order valence-corrected chi connectivity index (χ3v) is 6.02. The Morgan fingerprint density at radius 2 is 1.69 bits per heavy atom. The normalized spacial score (nSPS) is 17.4. The van der Waals surface area contributed by atoms with Crippen LogP contribution in [-0.2, 0) is 0 Å². The molecule has 0 saturated carbocycles. The fourth-order valence-electron chi connectivity index (χ4n) is 4.45. The monoisotopic (exact) mass is 428 g/mol. The van der Waals surface area contributed by atoms with Gasteiger partial charge in [0.15, 0.2) is 0 Å². The molecule has 2 heterocycles. The van der Waals surface area contributed by atoms with Crippen LogP contribution >= 0.6 is 0 Å². The molecule has 5 rings (SSSR count). The molecule has 2 atom stereocenters. The van der Waals surface area contributed by atoms with Gasteiger partial charge in [0.25, 0.3) is 5.69 Å². The Morgan fingerprint density at radius 3 is 2.38 bits per heavy atom. The standard InChI is InChI=1S/C25H20N2O5/c1-31-18-12-8-15(9-13-18)20-14-21(16-6-10-17(11-7-16)27(29)30)26-24-23(20)19-4-2-3-5-22(19)32-25(24)28/h2-13,20-21,26H,14H2,1H3/t20-,21+/m1/s1. The summed E-state index contributed by atoms with van der Waals surface area (Å²) in [5.41, 5.74) is 3.40. The molecule has 0 aliphatic carbocycles. The molecule has 1 N–H and O–H groups in total. The molecule has 0 radical (unpaired) electrons. The molecule has 7 nitrogen and oxygen atoms in total. The summed E-state index contributed by atoms with van der Waals surface area (Å²) in [4.78, 5) is 23.6. The van der Waals surface area contributed by atoms with Gasteiger partial charge in [0, 0.05) is 29.0 Å². The minimum Gasteiger partial charge on any atom is -0.497 e. The second kappa shape index (κ2) is 7.85. The zero-order valence-electron chi connectivity index (χ0n) is 17.3. The Balaban J connectivity index is 1.66. The molecule has 7 heteroatoms. The van der Waals surface area contributed by atoms with Crippen LogP contribution < -0.4 is 15.7 Å². The van der Waals surface area contributed by atoms with Crippen molar-refractivity contribution in [3.63, 3.8) is 0 Å². The molecule has 1 aliphatic heterocycles. The summed E-state index contributed by atoms with van der Waals surface area (Å²) in [7, 11) is 1.62. The number of anilines is 1. The summed E-state index contributed by atoms with van der Waals surface area (Å²) in [6.45, 7) is 0. The molecule has 3 aromatic carbocycles. The second-order valence-electron chi connectivity index (χ2n) is 7.78. The number of para-hydroxylation sites is 1. The highest BCUT2D eigenvalue weighted by Crippen LogP contribution is 2.45. The van der Waals surface area contributed by atoms with Crippen molar-refractivity contribution >= 4 is 22.3 Å². The predicted molar refractivity (Wildman–Crippen MR) is 121 cm³/mol. The van der Waals surface area contributed by atoms with Gasteiger partial charge >= 0.3 is 5.63 Å². The van der Waals surface area contributed by atoms with Crippen LogP contribution in [0.4, 0.5) is 11.4 Å². The number of benzene rings is 3. The maximum absolute atomic E-state index is 12.9. The minimum atomic E-state index is -0.427. The molecule has 0 fully saturated rings. The van der Waals surface area contributed by atoms with Crippen LogP contribution in [0.1, 0.15) is 35.1 Å². The summed E-state index contributed by atoms with van der Waals surface area (Å²) in [5, 5.41) is 15.3. The van der Waals surface area contributed by atoms with Crippen molar-refractivity contribution in [2.75, 3.05) is 12.4 Å². The predicted octanol–water partition coefficient (Wildman–Crippen LogP) is 5.40. The van der Waals surface area contributed by atoms with E-state index in [1.165, 1.54) is 12.1 Å². The first kappa shape index (κ1) is 19.8. The van der Waals surface area contributed by atoms with Gasteiger partial charge in [-0.15, -0.1) is 0 Å². The number of non-ortho nitro benzene ring substituents is 1. The van der Waals surface area contributed by atoms with E-state index >= 15 is 0 Å². The number of hydrogen-bond donors (Lipinski definition) is 1. The molecular weight excluding hydrogens is 408 g/mol. The van der Waals surface area contributed by atoms with Gasteiger partial charge in [0.1, 0.15) is 17.0 Å². The lowest BCUT2D eigenvalue weighted by atomic mass is 9.79. The summed E-state index contributed by atoms with van der Waals surface area (Å²) in [6.07, 6.45) is 0.671. The molecule has 0 bridgehead atoms. The number of hydrogen-bond acceptors (Lipinski definition) is 6. The zero-order valence-corrected chi connectivity index (χ0v) is 17.3. The third kappa shape index (κ3) is 3.37. The first-order valence-electron chi connectivity index (χ1n) is 10.3. The highest BCUT2D eigenvalue weighted by molar-refractivity contribution is 5.86. The Morgan fingerprint density at radius 1 is 1.00 bits per heavy atom. The average molecular weight is 428 g/mol. The molecule has 32 heavy (non-hydrogen) atoms. The second-order valence-corrected chi connectivity index (χ2v) is 7.78. The molecule has 0 spiro atoms. The Hall–Kier alpha value is -4.13. The van der Waals surface area contributed by atoms with Gasteiger partial charge in [-0.25, -0.2) is 4.79 Å². The lowest BCUT2D eigenvalue weighted by Gasteiger charge is -2.33. The molecule has 1 aromatic heterocycles. The van der Waals surface area contributed by atoms with Crippen LogP contribution in [-0.4, -0.2) is 12.0 Å². The topological polar surface area (TPSA) is 94.6 Å². The maximum Gasteiger partial charge on any atom is 0.360 e. The van der Waals surface area contributed by atoms with E-state index in [0.29, 0.717) is 17.7 Å². The fourth-order valence-corrected chi connectivity index (χ4v) is 4.45. The van der Waals surface area contributed by atoms with Gasteiger partial charge in [-0.05, 0) is 35.7 Å². The van der Waals surface area contributed by atoms with Crippen LogP contribution in [0.25, 0.3) is 11.0 Å². The van der Waals surface area contributed by atoms with E-state index in [0.717, 1.165) is 27.8 Å². The number of nitro groups is 1. The van der Waals surface area contributed by atoms with E-state index in [2.05, 4.69) is 5.32 Å². The van der Waals surface area contributed by atoms with Gasteiger partial charge in [0.05, 0.1) is 18.1 Å². The Labute approximate surface area is 183 Å². The van der Waals surface area contributed by atoms with Gasteiger partial charge in [0.2, 0.25) is 0 Å². The minimum absolute atomic E-state index is 0.0298. The largest absolute Gasteiger partial charge is 0.497 e. The Bertz CT molecular complexity index is 1360. The number of ether oxygens (including phenoxy) is 1. The smallest absolute Gasteiger partial charge is 0.360 e. The third-order valence-electron chi connectivity index (χ3n) is 6.02. The van der Waals surface area contributed by atoms with E-state index in [4.69, 9.17) is 9.15 Å². The summed E-state index contributed by atoms with van der Waals surface area (Å²) in [6, 6.07) is 21.6. The van der Waals surface area contributed by atoms with Crippen molar-refractivity contribution in [3.05, 3.63) is 110 Å². The molecule has 0 amide bonds. The lowest BCUT2D eigenvalue weighted by Crippen LogP contribution is -2.27. The van der Waals surface area contributed by atoms with Crippen LogP contribution in [0, 0.1) is 10.1 Å². The molecule has 0 saturated heterocycles. The Kier molecular flexibility index (Phi) is 4.86. The highest BCUT2D eigenvalue weighted by Gasteiger charge is 2.33. The summed E-state index contributed by atoms with van der Waals surface area (Å²) < 4.78 is 10.9. The number of nitro benzene ring substituents is 1. The van der Waals surface area contributed by atoms with E-state index < -0.39 is 10.5 Å². The molecule has 1 aliphatic rings. The van der Waals surface area contributed by atoms with Gasteiger partial charge in [-0.1, -0.05) is 42.5 Å². The first-order valence-corrected chi connectivity index (χ1v) is 10.3. The van der Waals surface area contributed by atoms with E-state index in [1.54, 1.807) is 25.3 Å². The molecule has 160 valence electrons. The molecule has 4 aromatic rings. The van der Waals surface area contributed by atoms with Crippen LogP contribution in [0.15, 0.2) is 82.0 Å². The van der Waals surface area contributed by atoms with Gasteiger partial charge in [-0.3, -0.25) is 10.1 Å². The van der Waals surface area contributed by atoms with Crippen LogP contribution in [0.3, 0.4) is 0 Å².